The van der Waals surface area contributed by atoms with Crippen LogP contribution in [0.1, 0.15) is 34.1 Å². The molecule has 14 heavy (non-hydrogen) atoms. The minimum Gasteiger partial charge on any atom is -0.281 e. The van der Waals surface area contributed by atoms with Crippen LogP contribution in [-0.2, 0) is 9.59 Å². The molecular formula is C11H17NO2. The van der Waals surface area contributed by atoms with Gasteiger partial charge in [-0.1, -0.05) is 13.8 Å². The third-order valence-electron chi connectivity index (χ3n) is 3.78. The fourth-order valence-electron chi connectivity index (χ4n) is 2.51. The molecule has 0 N–H and O–H groups in total. The molecule has 78 valence electrons. The number of fused-ring (bicyclic) bond motifs is 1. The number of amides is 2. The molecule has 1 heterocycles. The first kappa shape index (κ1) is 9.69. The van der Waals surface area contributed by atoms with Gasteiger partial charge in [0, 0.05) is 6.54 Å². The molecule has 1 saturated heterocycles. The summed E-state index contributed by atoms with van der Waals surface area (Å²) >= 11 is 0. The Morgan fingerprint density at radius 1 is 1.21 bits per heavy atom. The van der Waals surface area contributed by atoms with E-state index in [9.17, 15) is 9.59 Å². The Morgan fingerprint density at radius 3 is 2.00 bits per heavy atom. The van der Waals surface area contributed by atoms with Crippen molar-refractivity contribution in [2.45, 2.75) is 34.1 Å². The molecule has 0 radical (unpaired) electrons. The molecule has 2 atom stereocenters. The largest absolute Gasteiger partial charge is 0.281 e. The number of hydrogen-bond donors (Lipinski definition) is 0. The van der Waals surface area contributed by atoms with E-state index in [1.807, 2.05) is 27.7 Å². The lowest BCUT2D eigenvalue weighted by Crippen LogP contribution is -2.38. The number of likely N-dealkylation sites (tertiary alicyclic amines) is 1. The Bertz CT molecular complexity index is 297. The highest BCUT2D eigenvalue weighted by Crippen LogP contribution is 2.69. The number of piperidine rings is 1. The summed E-state index contributed by atoms with van der Waals surface area (Å²) < 4.78 is 0. The van der Waals surface area contributed by atoms with Gasteiger partial charge in [0.05, 0.1) is 10.8 Å². The normalized spacial score (nSPS) is 40.8. The van der Waals surface area contributed by atoms with Crippen LogP contribution in [0, 0.1) is 16.7 Å². The average molecular weight is 195 g/mol. The van der Waals surface area contributed by atoms with Gasteiger partial charge in [-0.25, -0.2) is 0 Å². The average Bonchev–Trinajstić information content (AvgIpc) is 2.61. The van der Waals surface area contributed by atoms with Crippen LogP contribution in [0.5, 0.6) is 0 Å². The molecule has 3 heteroatoms. The van der Waals surface area contributed by atoms with Gasteiger partial charge in [0.25, 0.3) is 0 Å². The van der Waals surface area contributed by atoms with Gasteiger partial charge in [-0.15, -0.1) is 0 Å². The topological polar surface area (TPSA) is 37.4 Å². The summed E-state index contributed by atoms with van der Waals surface area (Å²) in [6, 6.07) is 0. The van der Waals surface area contributed by atoms with Gasteiger partial charge in [-0.05, 0) is 26.2 Å². The van der Waals surface area contributed by atoms with Crippen molar-refractivity contribution in [1.29, 1.82) is 0 Å². The first-order valence-electron chi connectivity index (χ1n) is 5.19. The third kappa shape index (κ3) is 0.877. The Balaban J connectivity index is 2.25. The van der Waals surface area contributed by atoms with Gasteiger partial charge in [0.15, 0.2) is 0 Å². The SMILES string of the molecule is CC(C)CN1C(=O)C2(C)CC2(C)C1=O. The fourth-order valence-corrected chi connectivity index (χ4v) is 2.51. The van der Waals surface area contributed by atoms with Crippen LogP contribution in [0.2, 0.25) is 0 Å². The number of hydrogen-bond acceptors (Lipinski definition) is 2. The number of imide groups is 1. The molecular weight excluding hydrogens is 178 g/mol. The summed E-state index contributed by atoms with van der Waals surface area (Å²) in [7, 11) is 0. The minimum absolute atomic E-state index is 0.0405. The van der Waals surface area contributed by atoms with Gasteiger partial charge in [-0.2, -0.15) is 0 Å². The molecule has 1 saturated carbocycles. The summed E-state index contributed by atoms with van der Waals surface area (Å²) in [5, 5.41) is 0. The molecule has 3 nitrogen and oxygen atoms in total. The molecule has 2 unspecified atom stereocenters. The van der Waals surface area contributed by atoms with Crippen molar-refractivity contribution in [1.82, 2.24) is 4.90 Å². The van der Waals surface area contributed by atoms with Crippen molar-refractivity contribution in [2.75, 3.05) is 6.54 Å². The summed E-state index contributed by atoms with van der Waals surface area (Å²) in [4.78, 5) is 25.3. The molecule has 2 aliphatic rings. The second-order valence-corrected chi connectivity index (χ2v) is 5.46. The molecule has 0 spiro atoms. The second kappa shape index (κ2) is 2.38. The van der Waals surface area contributed by atoms with Crippen LogP contribution in [-0.4, -0.2) is 23.3 Å². The molecule has 2 fully saturated rings. The highest BCUT2D eigenvalue weighted by Gasteiger charge is 2.77. The monoisotopic (exact) mass is 195 g/mol. The van der Waals surface area contributed by atoms with Crippen LogP contribution in [0.15, 0.2) is 0 Å². The predicted molar refractivity (Wildman–Crippen MR) is 52.4 cm³/mol. The van der Waals surface area contributed by atoms with Crippen LogP contribution >= 0.6 is 0 Å². The molecule has 0 bridgehead atoms. The summed E-state index contributed by atoms with van der Waals surface area (Å²) in [6.07, 6.45) is 0.742. The zero-order chi connectivity index (χ0) is 10.7. The Morgan fingerprint density at radius 2 is 1.64 bits per heavy atom. The van der Waals surface area contributed by atoms with Crippen LogP contribution in [0.3, 0.4) is 0 Å². The zero-order valence-corrected chi connectivity index (χ0v) is 9.26. The van der Waals surface area contributed by atoms with E-state index >= 15 is 0 Å². The Hall–Kier alpha value is -0.860. The molecule has 0 aromatic rings. The smallest absolute Gasteiger partial charge is 0.236 e. The maximum absolute atomic E-state index is 11.9. The van der Waals surface area contributed by atoms with Crippen molar-refractivity contribution in [3.63, 3.8) is 0 Å². The van der Waals surface area contributed by atoms with Crippen molar-refractivity contribution in [3.05, 3.63) is 0 Å². The summed E-state index contributed by atoms with van der Waals surface area (Å²) in [5.74, 6) is 0.435. The highest BCUT2D eigenvalue weighted by atomic mass is 16.2. The summed E-state index contributed by atoms with van der Waals surface area (Å²) in [6.45, 7) is 8.44. The molecule has 2 rings (SSSR count). The van der Waals surface area contributed by atoms with Crippen molar-refractivity contribution in [2.24, 2.45) is 16.7 Å². The van der Waals surface area contributed by atoms with E-state index in [-0.39, 0.29) is 22.6 Å². The van der Waals surface area contributed by atoms with E-state index < -0.39 is 0 Å². The quantitative estimate of drug-likeness (QED) is 0.625. The van der Waals surface area contributed by atoms with E-state index in [1.54, 1.807) is 0 Å². The standard InChI is InChI=1S/C11H17NO2/c1-7(2)5-12-8(13)10(3)6-11(10,4)9(12)14/h7H,5-6H2,1-4H3. The van der Waals surface area contributed by atoms with E-state index in [0.29, 0.717) is 12.5 Å². The summed E-state index contributed by atoms with van der Waals surface area (Å²) in [5.41, 5.74) is -0.752. The first-order chi connectivity index (χ1) is 6.33. The Labute approximate surface area is 84.5 Å². The van der Waals surface area contributed by atoms with Crippen LogP contribution < -0.4 is 0 Å². The predicted octanol–water partition coefficient (Wildman–Crippen LogP) is 1.43. The number of rotatable bonds is 2. The highest BCUT2D eigenvalue weighted by molar-refractivity contribution is 6.13. The van der Waals surface area contributed by atoms with E-state index in [0.717, 1.165) is 6.42 Å². The molecule has 0 aromatic heterocycles. The second-order valence-electron chi connectivity index (χ2n) is 5.46. The fraction of sp³-hybridized carbons (Fsp3) is 0.818. The van der Waals surface area contributed by atoms with E-state index in [2.05, 4.69) is 0 Å². The van der Waals surface area contributed by atoms with Crippen molar-refractivity contribution >= 4 is 11.8 Å². The van der Waals surface area contributed by atoms with E-state index in [1.165, 1.54) is 4.90 Å². The van der Waals surface area contributed by atoms with Crippen LogP contribution in [0.25, 0.3) is 0 Å². The van der Waals surface area contributed by atoms with Gasteiger partial charge in [0.1, 0.15) is 0 Å². The zero-order valence-electron chi connectivity index (χ0n) is 9.26. The number of carbonyl (C=O) groups is 2. The first-order valence-corrected chi connectivity index (χ1v) is 5.19. The maximum Gasteiger partial charge on any atom is 0.236 e. The molecule has 0 aromatic carbocycles. The molecule has 1 aliphatic carbocycles. The lowest BCUT2D eigenvalue weighted by atomic mass is 10.00. The third-order valence-corrected chi connectivity index (χ3v) is 3.78. The van der Waals surface area contributed by atoms with Gasteiger partial charge < -0.3 is 0 Å². The van der Waals surface area contributed by atoms with Crippen molar-refractivity contribution in [3.8, 4) is 0 Å². The Kier molecular flexibility index (Phi) is 1.65. The number of carbonyl (C=O) groups excluding carboxylic acids is 2. The lowest BCUT2D eigenvalue weighted by molar-refractivity contribution is -0.144. The molecule has 2 amide bonds. The lowest BCUT2D eigenvalue weighted by Gasteiger charge is -2.20. The van der Waals surface area contributed by atoms with Gasteiger partial charge in [-0.3, -0.25) is 14.5 Å². The number of nitrogens with zero attached hydrogens (tertiary/aromatic N) is 1. The maximum atomic E-state index is 11.9. The van der Waals surface area contributed by atoms with Gasteiger partial charge in [0.2, 0.25) is 11.8 Å². The molecule has 1 aliphatic heterocycles. The van der Waals surface area contributed by atoms with Crippen molar-refractivity contribution < 1.29 is 9.59 Å². The van der Waals surface area contributed by atoms with E-state index in [4.69, 9.17) is 0 Å². The van der Waals surface area contributed by atoms with Gasteiger partial charge >= 0.3 is 0 Å². The van der Waals surface area contributed by atoms with Crippen LogP contribution in [0.4, 0.5) is 0 Å². The minimum atomic E-state index is -0.376.